The van der Waals surface area contributed by atoms with Crippen molar-refractivity contribution in [2.75, 3.05) is 12.0 Å². The summed E-state index contributed by atoms with van der Waals surface area (Å²) < 4.78 is 11.7. The van der Waals surface area contributed by atoms with Crippen LogP contribution in [0.4, 0.5) is 10.5 Å². The smallest absolute Gasteiger partial charge is 0.335 e. The second kappa shape index (κ2) is 10.2. The van der Waals surface area contributed by atoms with E-state index >= 15 is 0 Å². The molecule has 0 unspecified atom stereocenters. The number of nitrogens with zero attached hydrogens (tertiary/aromatic N) is 1. The Bertz CT molecular complexity index is 1620. The number of benzene rings is 4. The third-order valence-corrected chi connectivity index (χ3v) is 6.51. The van der Waals surface area contributed by atoms with Crippen LogP contribution in [0.1, 0.15) is 22.3 Å². The number of imide groups is 2. The minimum absolute atomic E-state index is 0.159. The fourth-order valence-corrected chi connectivity index (χ4v) is 4.51. The monoisotopic (exact) mass is 506 g/mol. The molecule has 0 spiro atoms. The van der Waals surface area contributed by atoms with Crippen molar-refractivity contribution >= 4 is 40.4 Å². The van der Waals surface area contributed by atoms with Crippen LogP contribution < -0.4 is 19.7 Å². The number of hydrogen-bond acceptors (Lipinski definition) is 5. The fourth-order valence-electron chi connectivity index (χ4n) is 4.51. The average Bonchev–Trinajstić information content (AvgIpc) is 2.91. The zero-order valence-corrected chi connectivity index (χ0v) is 21.3. The van der Waals surface area contributed by atoms with Crippen LogP contribution in [0.15, 0.2) is 84.4 Å². The van der Waals surface area contributed by atoms with Gasteiger partial charge in [-0.2, -0.15) is 0 Å². The number of amides is 4. The summed E-state index contributed by atoms with van der Waals surface area (Å²) in [5.74, 6) is -0.477. The zero-order chi connectivity index (χ0) is 26.8. The molecule has 0 bridgehead atoms. The molecule has 0 aromatic heterocycles. The van der Waals surface area contributed by atoms with Gasteiger partial charge in [0.25, 0.3) is 11.8 Å². The Morgan fingerprint density at radius 2 is 1.68 bits per heavy atom. The molecule has 0 radical (unpaired) electrons. The molecule has 1 saturated heterocycles. The molecule has 1 fully saturated rings. The summed E-state index contributed by atoms with van der Waals surface area (Å²) in [6.07, 6.45) is 1.44. The molecule has 4 aromatic carbocycles. The van der Waals surface area contributed by atoms with Crippen molar-refractivity contribution in [1.29, 1.82) is 0 Å². The normalized spacial score (nSPS) is 14.7. The van der Waals surface area contributed by atoms with Gasteiger partial charge in [-0.15, -0.1) is 0 Å². The van der Waals surface area contributed by atoms with Gasteiger partial charge < -0.3 is 9.47 Å². The molecule has 0 atom stereocenters. The largest absolute Gasteiger partial charge is 0.493 e. The van der Waals surface area contributed by atoms with Crippen LogP contribution in [0.25, 0.3) is 16.8 Å². The van der Waals surface area contributed by atoms with Gasteiger partial charge in [0.1, 0.15) is 12.2 Å². The Balaban J connectivity index is 1.42. The van der Waals surface area contributed by atoms with Crippen molar-refractivity contribution in [1.82, 2.24) is 5.32 Å². The number of methoxy groups -OCH3 is 1. The number of fused-ring (bicyclic) bond motifs is 1. The van der Waals surface area contributed by atoms with Crippen LogP contribution in [-0.4, -0.2) is 25.0 Å². The van der Waals surface area contributed by atoms with Crippen molar-refractivity contribution in [3.8, 4) is 11.5 Å². The molecule has 1 aliphatic heterocycles. The molecule has 1 N–H and O–H groups in total. The zero-order valence-electron chi connectivity index (χ0n) is 21.3. The van der Waals surface area contributed by atoms with E-state index in [0.29, 0.717) is 29.4 Å². The van der Waals surface area contributed by atoms with Crippen LogP contribution in [0.2, 0.25) is 0 Å². The van der Waals surface area contributed by atoms with E-state index in [2.05, 4.69) is 36.5 Å². The van der Waals surface area contributed by atoms with E-state index in [9.17, 15) is 14.4 Å². The van der Waals surface area contributed by atoms with Gasteiger partial charge in [-0.25, -0.2) is 9.69 Å². The summed E-state index contributed by atoms with van der Waals surface area (Å²) in [6, 6.07) is 23.6. The molecule has 7 nitrogen and oxygen atoms in total. The molecule has 4 amide bonds. The van der Waals surface area contributed by atoms with E-state index in [1.54, 1.807) is 36.4 Å². The van der Waals surface area contributed by atoms with Crippen molar-refractivity contribution in [2.45, 2.75) is 20.5 Å². The Morgan fingerprint density at radius 1 is 0.868 bits per heavy atom. The lowest BCUT2D eigenvalue weighted by Crippen LogP contribution is -2.54. The molecule has 1 heterocycles. The lowest BCUT2D eigenvalue weighted by molar-refractivity contribution is -0.122. The number of anilines is 1. The SMILES string of the molecule is COc1cc(/C=C2\C(=O)NC(=O)N(c3cccc(C)c3)C2=O)ccc1OCc1c(C)ccc2ccccc12. The van der Waals surface area contributed by atoms with E-state index in [1.807, 2.05) is 25.1 Å². The fraction of sp³-hybridized carbons (Fsp3) is 0.129. The number of barbiturate groups is 1. The number of nitrogens with one attached hydrogen (secondary N) is 1. The molecule has 7 heteroatoms. The lowest BCUT2D eigenvalue weighted by atomic mass is 10.0. The van der Waals surface area contributed by atoms with E-state index in [0.717, 1.165) is 32.4 Å². The predicted octanol–water partition coefficient (Wildman–Crippen LogP) is 5.71. The number of carbonyl (C=O) groups excluding carboxylic acids is 3. The molecule has 0 aliphatic carbocycles. The third-order valence-electron chi connectivity index (χ3n) is 6.51. The predicted molar refractivity (Wildman–Crippen MR) is 146 cm³/mol. The van der Waals surface area contributed by atoms with Gasteiger partial charge >= 0.3 is 6.03 Å². The Morgan fingerprint density at radius 3 is 2.47 bits per heavy atom. The first-order chi connectivity index (χ1) is 18.4. The molecule has 0 saturated carbocycles. The molecular weight excluding hydrogens is 480 g/mol. The second-order valence-electron chi connectivity index (χ2n) is 9.08. The highest BCUT2D eigenvalue weighted by Gasteiger charge is 2.36. The number of rotatable bonds is 6. The maximum atomic E-state index is 13.2. The molecule has 4 aromatic rings. The number of ether oxygens (including phenoxy) is 2. The molecule has 38 heavy (non-hydrogen) atoms. The van der Waals surface area contributed by atoms with E-state index < -0.39 is 17.8 Å². The first-order valence-corrected chi connectivity index (χ1v) is 12.1. The quantitative estimate of drug-likeness (QED) is 0.267. The van der Waals surface area contributed by atoms with Crippen LogP contribution in [-0.2, 0) is 16.2 Å². The van der Waals surface area contributed by atoms with E-state index in [1.165, 1.54) is 13.2 Å². The van der Waals surface area contributed by atoms with Gasteiger partial charge in [0.15, 0.2) is 11.5 Å². The molecule has 5 rings (SSSR count). The summed E-state index contributed by atoms with van der Waals surface area (Å²) >= 11 is 0. The van der Waals surface area contributed by atoms with Gasteiger partial charge in [-0.3, -0.25) is 14.9 Å². The topological polar surface area (TPSA) is 84.9 Å². The molecule has 1 aliphatic rings. The summed E-state index contributed by atoms with van der Waals surface area (Å²) in [6.45, 7) is 4.25. The number of urea groups is 1. The second-order valence-corrected chi connectivity index (χ2v) is 9.08. The Labute approximate surface area is 220 Å². The average molecular weight is 507 g/mol. The van der Waals surface area contributed by atoms with Crippen molar-refractivity contribution in [2.24, 2.45) is 0 Å². The maximum Gasteiger partial charge on any atom is 0.335 e. The maximum absolute atomic E-state index is 13.2. The summed E-state index contributed by atoms with van der Waals surface area (Å²) in [5, 5.41) is 4.51. The van der Waals surface area contributed by atoms with Gasteiger partial charge in [-0.1, -0.05) is 54.6 Å². The van der Waals surface area contributed by atoms with Crippen molar-refractivity contribution in [3.63, 3.8) is 0 Å². The lowest BCUT2D eigenvalue weighted by Gasteiger charge is -2.26. The number of aryl methyl sites for hydroxylation is 2. The van der Waals surface area contributed by atoms with Crippen molar-refractivity contribution in [3.05, 3.63) is 107 Å². The highest BCUT2D eigenvalue weighted by molar-refractivity contribution is 6.39. The van der Waals surface area contributed by atoms with Gasteiger partial charge in [0, 0.05) is 5.56 Å². The van der Waals surface area contributed by atoms with Gasteiger partial charge in [0.2, 0.25) is 0 Å². The highest BCUT2D eigenvalue weighted by Crippen LogP contribution is 2.32. The van der Waals surface area contributed by atoms with Gasteiger partial charge in [0.05, 0.1) is 12.8 Å². The van der Waals surface area contributed by atoms with Crippen LogP contribution in [0.3, 0.4) is 0 Å². The van der Waals surface area contributed by atoms with E-state index in [-0.39, 0.29) is 5.57 Å². The third kappa shape index (κ3) is 4.74. The first-order valence-electron chi connectivity index (χ1n) is 12.1. The standard InChI is InChI=1S/C31H26N2O5/c1-19-7-6-9-23(15-19)33-30(35)25(29(34)32-31(33)36)16-21-12-14-27(28(17-21)37-3)38-18-26-20(2)11-13-22-8-4-5-10-24(22)26/h4-17H,18H2,1-3H3,(H,32,34,36)/b25-16+. The molecule has 190 valence electrons. The highest BCUT2D eigenvalue weighted by atomic mass is 16.5. The first kappa shape index (κ1) is 24.8. The Hall–Kier alpha value is -4.91. The van der Waals surface area contributed by atoms with Crippen molar-refractivity contribution < 1.29 is 23.9 Å². The van der Waals surface area contributed by atoms with Crippen LogP contribution in [0.5, 0.6) is 11.5 Å². The van der Waals surface area contributed by atoms with Crippen LogP contribution in [0, 0.1) is 13.8 Å². The molecular formula is C31H26N2O5. The van der Waals surface area contributed by atoms with Gasteiger partial charge in [-0.05, 0) is 71.7 Å². The number of hydrogen-bond donors (Lipinski definition) is 1. The Kier molecular flexibility index (Phi) is 6.66. The minimum atomic E-state index is -0.784. The summed E-state index contributed by atoms with van der Waals surface area (Å²) in [4.78, 5) is 39.2. The summed E-state index contributed by atoms with van der Waals surface area (Å²) in [5.41, 5.74) is 3.86. The van der Waals surface area contributed by atoms with E-state index in [4.69, 9.17) is 9.47 Å². The summed E-state index contributed by atoms with van der Waals surface area (Å²) in [7, 11) is 1.53. The minimum Gasteiger partial charge on any atom is -0.493 e. The number of carbonyl (C=O) groups is 3. The van der Waals surface area contributed by atoms with Crippen LogP contribution >= 0.6 is 0 Å².